The molecule has 1 heterocycles. The van der Waals surface area contributed by atoms with Gasteiger partial charge in [-0.3, -0.25) is 4.68 Å². The molecule has 0 radical (unpaired) electrons. The van der Waals surface area contributed by atoms with Crippen LogP contribution in [0.1, 0.15) is 18.2 Å². The molecule has 0 bridgehead atoms. The number of guanidine groups is 1. The van der Waals surface area contributed by atoms with Gasteiger partial charge in [0.2, 0.25) is 0 Å². The van der Waals surface area contributed by atoms with Crippen molar-refractivity contribution in [2.75, 3.05) is 13.1 Å². The van der Waals surface area contributed by atoms with Crippen LogP contribution in [0.4, 0.5) is 0 Å². The number of nitrogens with one attached hydrogen (secondary N) is 2. The lowest BCUT2D eigenvalue weighted by Crippen LogP contribution is -2.38. The third kappa shape index (κ3) is 5.15. The van der Waals surface area contributed by atoms with Gasteiger partial charge in [-0.15, -0.1) is 0 Å². The van der Waals surface area contributed by atoms with Gasteiger partial charge >= 0.3 is 0 Å². The van der Waals surface area contributed by atoms with E-state index in [0.29, 0.717) is 23.1 Å². The van der Waals surface area contributed by atoms with Crippen molar-refractivity contribution in [3.63, 3.8) is 0 Å². The lowest BCUT2D eigenvalue weighted by molar-refractivity contribution is 0.707. The van der Waals surface area contributed by atoms with Gasteiger partial charge in [0.1, 0.15) is 0 Å². The fourth-order valence-corrected chi connectivity index (χ4v) is 2.72. The van der Waals surface area contributed by atoms with Crippen LogP contribution in [-0.4, -0.2) is 28.8 Å². The first kappa shape index (κ1) is 17.6. The highest BCUT2D eigenvalue weighted by Gasteiger charge is 2.06. The Labute approximate surface area is 146 Å². The van der Waals surface area contributed by atoms with Gasteiger partial charge in [-0.1, -0.05) is 29.3 Å². The Bertz CT molecular complexity index is 646. The van der Waals surface area contributed by atoms with Crippen molar-refractivity contribution in [2.24, 2.45) is 12.0 Å². The predicted octanol–water partition coefficient (Wildman–Crippen LogP) is 3.02. The number of aryl methyl sites for hydroxylation is 1. The third-order valence-corrected chi connectivity index (χ3v) is 4.10. The molecule has 124 valence electrons. The number of benzene rings is 1. The summed E-state index contributed by atoms with van der Waals surface area (Å²) < 4.78 is 1.82. The van der Waals surface area contributed by atoms with Crippen molar-refractivity contribution in [2.45, 2.75) is 19.9 Å². The second-order valence-corrected chi connectivity index (χ2v) is 5.83. The van der Waals surface area contributed by atoms with Gasteiger partial charge in [-0.05, 0) is 37.1 Å². The number of rotatable bonds is 6. The van der Waals surface area contributed by atoms with Crippen LogP contribution < -0.4 is 10.6 Å². The minimum atomic E-state index is 0.568. The average molecular weight is 354 g/mol. The highest BCUT2D eigenvalue weighted by atomic mass is 35.5. The second kappa shape index (κ2) is 8.79. The van der Waals surface area contributed by atoms with Crippen molar-refractivity contribution >= 4 is 29.2 Å². The molecular formula is C16H21Cl2N5. The van der Waals surface area contributed by atoms with Gasteiger partial charge in [0.25, 0.3) is 0 Å². The number of hydrogen-bond acceptors (Lipinski definition) is 2. The lowest BCUT2D eigenvalue weighted by Gasteiger charge is -2.12. The van der Waals surface area contributed by atoms with Crippen LogP contribution in [0.2, 0.25) is 10.0 Å². The molecule has 2 N–H and O–H groups in total. The summed E-state index contributed by atoms with van der Waals surface area (Å²) in [5.74, 6) is 0.761. The highest BCUT2D eigenvalue weighted by molar-refractivity contribution is 6.35. The van der Waals surface area contributed by atoms with Crippen LogP contribution in [0, 0.1) is 0 Å². The van der Waals surface area contributed by atoms with E-state index >= 15 is 0 Å². The van der Waals surface area contributed by atoms with E-state index in [0.717, 1.165) is 30.2 Å². The molecule has 0 aliphatic heterocycles. The average Bonchev–Trinajstić information content (AvgIpc) is 2.93. The molecule has 0 amide bonds. The normalized spacial score (nSPS) is 11.6. The Balaban J connectivity index is 1.93. The Morgan fingerprint density at radius 1 is 1.22 bits per heavy atom. The zero-order valence-electron chi connectivity index (χ0n) is 13.3. The van der Waals surface area contributed by atoms with Crippen LogP contribution in [0.15, 0.2) is 35.5 Å². The SMILES string of the molecule is CCNC(=NCc1ccnn1C)NCCc1c(Cl)cccc1Cl. The standard InChI is InChI=1S/C16H21Cl2N5/c1-3-19-16(21-11-12-7-10-22-23(12)2)20-9-8-13-14(17)5-4-6-15(13)18/h4-7,10H,3,8-9,11H2,1-2H3,(H2,19,20,21). The van der Waals surface area contributed by atoms with Gasteiger partial charge in [-0.2, -0.15) is 5.10 Å². The van der Waals surface area contributed by atoms with Gasteiger partial charge in [-0.25, -0.2) is 4.99 Å². The molecule has 5 nitrogen and oxygen atoms in total. The molecule has 7 heteroatoms. The van der Waals surface area contributed by atoms with E-state index < -0.39 is 0 Å². The van der Waals surface area contributed by atoms with Crippen LogP contribution >= 0.6 is 23.2 Å². The lowest BCUT2D eigenvalue weighted by atomic mass is 10.1. The zero-order chi connectivity index (χ0) is 16.7. The van der Waals surface area contributed by atoms with E-state index in [1.165, 1.54) is 0 Å². The molecule has 0 atom stereocenters. The van der Waals surface area contributed by atoms with E-state index in [4.69, 9.17) is 23.2 Å². The largest absolute Gasteiger partial charge is 0.357 e. The first-order chi connectivity index (χ1) is 11.1. The molecule has 1 aromatic carbocycles. The fraction of sp³-hybridized carbons (Fsp3) is 0.375. The summed E-state index contributed by atoms with van der Waals surface area (Å²) in [6.45, 7) is 4.09. The number of aromatic nitrogens is 2. The van der Waals surface area contributed by atoms with E-state index in [1.807, 2.05) is 42.9 Å². The monoisotopic (exact) mass is 353 g/mol. The Morgan fingerprint density at radius 3 is 2.57 bits per heavy atom. The first-order valence-corrected chi connectivity index (χ1v) is 8.29. The summed E-state index contributed by atoms with van der Waals surface area (Å²) in [5, 5.41) is 12.0. The van der Waals surface area contributed by atoms with E-state index in [9.17, 15) is 0 Å². The van der Waals surface area contributed by atoms with Crippen molar-refractivity contribution in [3.05, 3.63) is 51.8 Å². The Hall–Kier alpha value is -1.72. The van der Waals surface area contributed by atoms with Crippen LogP contribution in [0.3, 0.4) is 0 Å². The molecule has 0 aliphatic rings. The van der Waals surface area contributed by atoms with Crippen LogP contribution in [-0.2, 0) is 20.0 Å². The summed E-state index contributed by atoms with van der Waals surface area (Å²) in [5.41, 5.74) is 2.00. The molecular weight excluding hydrogens is 333 g/mol. The minimum Gasteiger partial charge on any atom is -0.357 e. The molecule has 2 rings (SSSR count). The maximum Gasteiger partial charge on any atom is 0.191 e. The minimum absolute atomic E-state index is 0.568. The fourth-order valence-electron chi connectivity index (χ4n) is 2.14. The van der Waals surface area contributed by atoms with Gasteiger partial charge in [0.05, 0.1) is 12.2 Å². The summed E-state index contributed by atoms with van der Waals surface area (Å²) in [6.07, 6.45) is 2.50. The van der Waals surface area contributed by atoms with Gasteiger partial charge in [0.15, 0.2) is 5.96 Å². The first-order valence-electron chi connectivity index (χ1n) is 7.53. The zero-order valence-corrected chi connectivity index (χ0v) is 14.8. The molecule has 0 fully saturated rings. The van der Waals surface area contributed by atoms with Crippen molar-refractivity contribution in [1.82, 2.24) is 20.4 Å². The van der Waals surface area contributed by atoms with Gasteiger partial charge in [0, 0.05) is 36.4 Å². The van der Waals surface area contributed by atoms with E-state index in [-0.39, 0.29) is 0 Å². The van der Waals surface area contributed by atoms with Crippen LogP contribution in [0.25, 0.3) is 0 Å². The Morgan fingerprint density at radius 2 is 1.96 bits per heavy atom. The number of aliphatic imine (C=N–C) groups is 1. The predicted molar refractivity (Wildman–Crippen MR) is 96.2 cm³/mol. The highest BCUT2D eigenvalue weighted by Crippen LogP contribution is 2.24. The number of hydrogen-bond donors (Lipinski definition) is 2. The van der Waals surface area contributed by atoms with Crippen molar-refractivity contribution < 1.29 is 0 Å². The topological polar surface area (TPSA) is 54.2 Å². The van der Waals surface area contributed by atoms with Gasteiger partial charge < -0.3 is 10.6 Å². The molecule has 23 heavy (non-hydrogen) atoms. The number of halogens is 2. The van der Waals surface area contributed by atoms with Crippen LogP contribution in [0.5, 0.6) is 0 Å². The molecule has 0 spiro atoms. The summed E-state index contributed by atoms with van der Waals surface area (Å²) in [7, 11) is 1.91. The smallest absolute Gasteiger partial charge is 0.191 e. The second-order valence-electron chi connectivity index (χ2n) is 5.02. The number of nitrogens with zero attached hydrogens (tertiary/aromatic N) is 3. The maximum absolute atomic E-state index is 6.18. The molecule has 0 saturated heterocycles. The quantitative estimate of drug-likeness (QED) is 0.619. The van der Waals surface area contributed by atoms with Crippen molar-refractivity contribution in [3.8, 4) is 0 Å². The third-order valence-electron chi connectivity index (χ3n) is 3.39. The molecule has 2 aromatic rings. The van der Waals surface area contributed by atoms with E-state index in [1.54, 1.807) is 6.20 Å². The maximum atomic E-state index is 6.18. The molecule has 1 aromatic heterocycles. The summed E-state index contributed by atoms with van der Waals surface area (Å²) in [4.78, 5) is 4.56. The molecule has 0 saturated carbocycles. The summed E-state index contributed by atoms with van der Waals surface area (Å²) in [6, 6.07) is 7.51. The van der Waals surface area contributed by atoms with Crippen molar-refractivity contribution in [1.29, 1.82) is 0 Å². The molecule has 0 unspecified atom stereocenters. The Kier molecular flexibility index (Phi) is 6.74. The van der Waals surface area contributed by atoms with E-state index in [2.05, 4.69) is 20.7 Å². The summed E-state index contributed by atoms with van der Waals surface area (Å²) >= 11 is 12.4. The molecule has 0 aliphatic carbocycles.